The minimum absolute atomic E-state index is 0.0940. The standard InChI is InChI=1S/C27H24N2O3S/c1-16-5-8-21(11-18(16)3)28-27-29(22-9-6-17(2)19(4)12-22)26(30)25(33-27)14-20-7-10-23-24(13-20)32-15-31-23/h5-14H,15H2,1-4H3/b25-14-,28-27?. The van der Waals surface area contributed by atoms with Crippen LogP contribution in [0.1, 0.15) is 27.8 Å². The molecule has 0 N–H and O–H groups in total. The van der Waals surface area contributed by atoms with Gasteiger partial charge in [0.15, 0.2) is 16.7 Å². The summed E-state index contributed by atoms with van der Waals surface area (Å²) in [7, 11) is 0. The zero-order valence-corrected chi connectivity index (χ0v) is 19.8. The van der Waals surface area contributed by atoms with Crippen molar-refractivity contribution in [2.24, 2.45) is 4.99 Å². The number of nitrogens with zero attached hydrogens (tertiary/aromatic N) is 2. The maximum absolute atomic E-state index is 13.6. The van der Waals surface area contributed by atoms with E-state index in [2.05, 4.69) is 33.8 Å². The Bertz CT molecular complexity index is 1340. The van der Waals surface area contributed by atoms with E-state index in [1.54, 1.807) is 4.90 Å². The first-order valence-electron chi connectivity index (χ1n) is 10.8. The first-order chi connectivity index (χ1) is 15.9. The summed E-state index contributed by atoms with van der Waals surface area (Å²) in [6.45, 7) is 8.48. The Hall–Kier alpha value is -3.51. The van der Waals surface area contributed by atoms with Crippen LogP contribution in [0.3, 0.4) is 0 Å². The van der Waals surface area contributed by atoms with Gasteiger partial charge >= 0.3 is 0 Å². The van der Waals surface area contributed by atoms with E-state index in [0.717, 1.165) is 28.3 Å². The molecule has 166 valence electrons. The predicted octanol–water partition coefficient (Wildman–Crippen LogP) is 6.46. The number of hydrogen-bond donors (Lipinski definition) is 0. The van der Waals surface area contributed by atoms with Crippen molar-refractivity contribution >= 4 is 40.3 Å². The van der Waals surface area contributed by atoms with Crippen molar-refractivity contribution in [3.63, 3.8) is 0 Å². The molecule has 1 amide bonds. The van der Waals surface area contributed by atoms with Crippen LogP contribution < -0.4 is 14.4 Å². The van der Waals surface area contributed by atoms with Gasteiger partial charge in [-0.3, -0.25) is 9.69 Å². The maximum Gasteiger partial charge on any atom is 0.271 e. The molecule has 0 radical (unpaired) electrons. The quantitative estimate of drug-likeness (QED) is 0.425. The van der Waals surface area contributed by atoms with Gasteiger partial charge < -0.3 is 9.47 Å². The van der Waals surface area contributed by atoms with Gasteiger partial charge in [0.05, 0.1) is 16.3 Å². The first-order valence-corrected chi connectivity index (χ1v) is 11.6. The number of aliphatic imine (C=N–C) groups is 1. The van der Waals surface area contributed by atoms with Gasteiger partial charge in [-0.15, -0.1) is 0 Å². The van der Waals surface area contributed by atoms with Gasteiger partial charge in [-0.05, 0) is 110 Å². The molecule has 5 nitrogen and oxygen atoms in total. The lowest BCUT2D eigenvalue weighted by Gasteiger charge is -2.17. The topological polar surface area (TPSA) is 51.1 Å². The Kier molecular flexibility index (Phi) is 5.46. The third-order valence-electron chi connectivity index (χ3n) is 5.96. The fourth-order valence-electron chi connectivity index (χ4n) is 3.70. The highest BCUT2D eigenvalue weighted by Gasteiger charge is 2.35. The van der Waals surface area contributed by atoms with E-state index in [9.17, 15) is 4.79 Å². The second-order valence-corrected chi connectivity index (χ2v) is 9.30. The van der Waals surface area contributed by atoms with Crippen LogP contribution in [0.25, 0.3) is 6.08 Å². The van der Waals surface area contributed by atoms with E-state index < -0.39 is 0 Å². The molecule has 1 saturated heterocycles. The molecular formula is C27H24N2O3S. The van der Waals surface area contributed by atoms with E-state index in [1.807, 2.05) is 54.6 Å². The molecular weight excluding hydrogens is 432 g/mol. The van der Waals surface area contributed by atoms with Crippen LogP contribution in [0.4, 0.5) is 11.4 Å². The van der Waals surface area contributed by atoms with Crippen molar-refractivity contribution in [1.82, 2.24) is 0 Å². The molecule has 1 fully saturated rings. The molecule has 0 bridgehead atoms. The Morgan fingerprint density at radius 2 is 1.58 bits per heavy atom. The van der Waals surface area contributed by atoms with Crippen molar-refractivity contribution in [3.05, 3.63) is 87.3 Å². The van der Waals surface area contributed by atoms with Crippen molar-refractivity contribution in [2.45, 2.75) is 27.7 Å². The smallest absolute Gasteiger partial charge is 0.271 e. The summed E-state index contributed by atoms with van der Waals surface area (Å²) in [5.74, 6) is 1.31. The van der Waals surface area contributed by atoms with Gasteiger partial charge in [0, 0.05) is 0 Å². The average molecular weight is 457 g/mol. The molecule has 0 saturated carbocycles. The molecule has 0 spiro atoms. The average Bonchev–Trinajstić information content (AvgIpc) is 3.37. The number of carbonyl (C=O) groups excluding carboxylic acids is 1. The monoisotopic (exact) mass is 456 g/mol. The van der Waals surface area contributed by atoms with Gasteiger partial charge in [0.25, 0.3) is 5.91 Å². The summed E-state index contributed by atoms with van der Waals surface area (Å²) < 4.78 is 10.9. The van der Waals surface area contributed by atoms with Gasteiger partial charge in [-0.25, -0.2) is 4.99 Å². The number of hydrogen-bond acceptors (Lipinski definition) is 5. The number of rotatable bonds is 3. The number of anilines is 1. The first kappa shape index (κ1) is 21.3. The fraction of sp³-hybridized carbons (Fsp3) is 0.185. The summed E-state index contributed by atoms with van der Waals surface area (Å²) in [4.78, 5) is 20.7. The van der Waals surface area contributed by atoms with Crippen LogP contribution >= 0.6 is 11.8 Å². The number of benzene rings is 3. The zero-order valence-electron chi connectivity index (χ0n) is 19.0. The Morgan fingerprint density at radius 1 is 0.848 bits per heavy atom. The third kappa shape index (κ3) is 4.14. The summed E-state index contributed by atoms with van der Waals surface area (Å²) in [5, 5.41) is 0.637. The number of ether oxygens (including phenoxy) is 2. The third-order valence-corrected chi connectivity index (χ3v) is 6.93. The lowest BCUT2D eigenvalue weighted by molar-refractivity contribution is -0.113. The molecule has 2 aliphatic heterocycles. The van der Waals surface area contributed by atoms with Gasteiger partial charge in [0.2, 0.25) is 6.79 Å². The van der Waals surface area contributed by atoms with Crippen LogP contribution in [-0.4, -0.2) is 17.9 Å². The Balaban J connectivity index is 1.57. The molecule has 0 atom stereocenters. The summed E-state index contributed by atoms with van der Waals surface area (Å²) in [6, 6.07) is 17.8. The lowest BCUT2D eigenvalue weighted by atomic mass is 10.1. The van der Waals surface area contributed by atoms with Crippen molar-refractivity contribution < 1.29 is 14.3 Å². The molecule has 3 aromatic rings. The number of aryl methyl sites for hydroxylation is 4. The predicted molar refractivity (Wildman–Crippen MR) is 135 cm³/mol. The molecule has 0 aliphatic carbocycles. The summed E-state index contributed by atoms with van der Waals surface area (Å²) in [5.41, 5.74) is 7.20. The van der Waals surface area contributed by atoms with Crippen molar-refractivity contribution in [2.75, 3.05) is 11.7 Å². The van der Waals surface area contributed by atoms with Gasteiger partial charge in [0.1, 0.15) is 0 Å². The Morgan fingerprint density at radius 3 is 2.33 bits per heavy atom. The second kappa shape index (κ2) is 8.45. The summed E-state index contributed by atoms with van der Waals surface area (Å²) in [6.07, 6.45) is 1.88. The highest BCUT2D eigenvalue weighted by Crippen LogP contribution is 2.39. The van der Waals surface area contributed by atoms with Crippen LogP contribution in [0, 0.1) is 27.7 Å². The van der Waals surface area contributed by atoms with E-state index in [0.29, 0.717) is 15.8 Å². The normalized spacial score (nSPS) is 17.5. The van der Waals surface area contributed by atoms with Crippen molar-refractivity contribution in [3.8, 4) is 11.5 Å². The molecule has 5 rings (SSSR count). The Labute approximate surface area is 197 Å². The summed E-state index contributed by atoms with van der Waals surface area (Å²) >= 11 is 1.38. The molecule has 2 heterocycles. The molecule has 2 aliphatic rings. The van der Waals surface area contributed by atoms with Crippen molar-refractivity contribution in [1.29, 1.82) is 0 Å². The van der Waals surface area contributed by atoms with Gasteiger partial charge in [-0.2, -0.15) is 0 Å². The minimum Gasteiger partial charge on any atom is -0.454 e. The largest absolute Gasteiger partial charge is 0.454 e. The number of amidine groups is 1. The van der Waals surface area contributed by atoms with Crippen LogP contribution in [0.2, 0.25) is 0 Å². The number of fused-ring (bicyclic) bond motifs is 1. The second-order valence-electron chi connectivity index (χ2n) is 8.30. The highest BCUT2D eigenvalue weighted by atomic mass is 32.2. The fourth-order valence-corrected chi connectivity index (χ4v) is 4.70. The van der Waals surface area contributed by atoms with E-state index in [-0.39, 0.29) is 12.7 Å². The minimum atomic E-state index is -0.0940. The molecule has 3 aromatic carbocycles. The van der Waals surface area contributed by atoms with Gasteiger partial charge in [-0.1, -0.05) is 18.2 Å². The van der Waals surface area contributed by atoms with Crippen LogP contribution in [0.15, 0.2) is 64.5 Å². The highest BCUT2D eigenvalue weighted by molar-refractivity contribution is 8.19. The van der Waals surface area contributed by atoms with E-state index in [1.165, 1.54) is 28.5 Å². The van der Waals surface area contributed by atoms with Crippen LogP contribution in [-0.2, 0) is 4.79 Å². The van der Waals surface area contributed by atoms with E-state index >= 15 is 0 Å². The number of amides is 1. The molecule has 0 aromatic heterocycles. The number of carbonyl (C=O) groups is 1. The zero-order chi connectivity index (χ0) is 23.1. The maximum atomic E-state index is 13.6. The van der Waals surface area contributed by atoms with E-state index in [4.69, 9.17) is 14.5 Å². The molecule has 0 unspecified atom stereocenters. The molecule has 6 heteroatoms. The SMILES string of the molecule is Cc1ccc(N=C2S/C(=C\c3ccc4c(c3)OCO4)C(=O)N2c2ccc(C)c(C)c2)cc1C. The number of thioether (sulfide) groups is 1. The van der Waals surface area contributed by atoms with Crippen LogP contribution in [0.5, 0.6) is 11.5 Å². The lowest BCUT2D eigenvalue weighted by Crippen LogP contribution is -2.28. The molecule has 33 heavy (non-hydrogen) atoms.